The summed E-state index contributed by atoms with van der Waals surface area (Å²) in [7, 11) is 1.54. The summed E-state index contributed by atoms with van der Waals surface area (Å²) in [6.07, 6.45) is 1.19. The molecule has 2 aromatic rings. The number of aromatic carboxylic acids is 1. The summed E-state index contributed by atoms with van der Waals surface area (Å²) in [4.78, 5) is 11.1. The number of carbonyl (C=O) groups is 1. The van der Waals surface area contributed by atoms with Gasteiger partial charge in [-0.25, -0.2) is 4.79 Å². The molecule has 2 rings (SSSR count). The van der Waals surface area contributed by atoms with Crippen LogP contribution in [0.1, 0.15) is 21.5 Å². The Morgan fingerprint density at radius 2 is 2.11 bits per heavy atom. The van der Waals surface area contributed by atoms with Crippen molar-refractivity contribution in [3.05, 3.63) is 35.0 Å². The van der Waals surface area contributed by atoms with Crippen LogP contribution in [0.25, 0.3) is 11.3 Å². The Morgan fingerprint density at radius 1 is 1.39 bits per heavy atom. The Bertz CT molecular complexity index is 601. The third kappa shape index (κ3) is 1.95. The normalized spacial score (nSPS) is 10.4. The highest BCUT2D eigenvalue weighted by Crippen LogP contribution is 2.36. The van der Waals surface area contributed by atoms with Gasteiger partial charge >= 0.3 is 5.97 Å². The summed E-state index contributed by atoms with van der Waals surface area (Å²) < 4.78 is 10.3. The maximum Gasteiger partial charge on any atom is 0.341 e. The number of carboxylic acids is 1. The first-order valence-corrected chi connectivity index (χ1v) is 5.38. The second-order valence-electron chi connectivity index (χ2n) is 4.03. The van der Waals surface area contributed by atoms with Crippen molar-refractivity contribution in [3.8, 4) is 17.1 Å². The predicted octanol–water partition coefficient (Wildman–Crippen LogP) is 2.67. The number of nitrogens with zero attached hydrogens (tertiary/aromatic N) is 1. The lowest BCUT2D eigenvalue weighted by Gasteiger charge is -2.11. The van der Waals surface area contributed by atoms with Crippen LogP contribution in [-0.2, 0) is 0 Å². The van der Waals surface area contributed by atoms with Crippen LogP contribution in [0.4, 0.5) is 0 Å². The number of methoxy groups -OCH3 is 1. The largest absolute Gasteiger partial charge is 0.496 e. The van der Waals surface area contributed by atoms with E-state index in [0.29, 0.717) is 11.3 Å². The zero-order valence-electron chi connectivity index (χ0n) is 10.4. The fraction of sp³-hybridized carbons (Fsp3) is 0.231. The molecule has 0 aliphatic carbocycles. The molecule has 0 aliphatic rings. The molecule has 1 aromatic carbocycles. The molecule has 0 saturated heterocycles. The molecular formula is C13H13NO4. The van der Waals surface area contributed by atoms with E-state index in [1.54, 1.807) is 0 Å². The SMILES string of the molecule is COc1cc(C)cc(C)c1-c1oncc1C(=O)O. The quantitative estimate of drug-likeness (QED) is 0.902. The van der Waals surface area contributed by atoms with Gasteiger partial charge in [-0.15, -0.1) is 0 Å². The van der Waals surface area contributed by atoms with E-state index in [-0.39, 0.29) is 11.3 Å². The zero-order valence-corrected chi connectivity index (χ0v) is 10.4. The highest BCUT2D eigenvalue weighted by Gasteiger charge is 2.22. The number of benzene rings is 1. The number of carboxylic acid groups (broad SMARTS) is 1. The molecule has 0 bridgehead atoms. The molecule has 0 atom stereocenters. The van der Waals surface area contributed by atoms with Crippen molar-refractivity contribution in [2.75, 3.05) is 7.11 Å². The fourth-order valence-corrected chi connectivity index (χ4v) is 1.95. The second-order valence-corrected chi connectivity index (χ2v) is 4.03. The summed E-state index contributed by atoms with van der Waals surface area (Å²) >= 11 is 0. The number of ether oxygens (including phenoxy) is 1. The molecule has 0 saturated carbocycles. The van der Waals surface area contributed by atoms with Crippen LogP contribution in [0.15, 0.2) is 22.9 Å². The average molecular weight is 247 g/mol. The summed E-state index contributed by atoms with van der Waals surface area (Å²) in [5.41, 5.74) is 2.56. The number of aryl methyl sites for hydroxylation is 2. The van der Waals surface area contributed by atoms with Crippen molar-refractivity contribution >= 4 is 5.97 Å². The number of hydrogen-bond acceptors (Lipinski definition) is 4. The summed E-state index contributed by atoms with van der Waals surface area (Å²) in [6.45, 7) is 3.82. The first-order chi connectivity index (χ1) is 8.54. The molecule has 0 amide bonds. The van der Waals surface area contributed by atoms with Crippen LogP contribution < -0.4 is 4.74 Å². The molecule has 5 heteroatoms. The molecule has 1 heterocycles. The number of aromatic nitrogens is 1. The van der Waals surface area contributed by atoms with E-state index in [4.69, 9.17) is 14.4 Å². The molecule has 94 valence electrons. The van der Waals surface area contributed by atoms with E-state index in [9.17, 15) is 4.79 Å². The zero-order chi connectivity index (χ0) is 13.3. The monoisotopic (exact) mass is 247 g/mol. The Hall–Kier alpha value is -2.30. The van der Waals surface area contributed by atoms with Gasteiger partial charge in [0.15, 0.2) is 5.76 Å². The maximum absolute atomic E-state index is 11.1. The van der Waals surface area contributed by atoms with E-state index >= 15 is 0 Å². The molecule has 0 unspecified atom stereocenters. The van der Waals surface area contributed by atoms with Crippen LogP contribution in [0, 0.1) is 13.8 Å². The van der Waals surface area contributed by atoms with Crippen LogP contribution in [-0.4, -0.2) is 23.3 Å². The summed E-state index contributed by atoms with van der Waals surface area (Å²) in [6, 6.07) is 3.77. The molecular weight excluding hydrogens is 234 g/mol. The third-order valence-corrected chi connectivity index (χ3v) is 2.69. The average Bonchev–Trinajstić information content (AvgIpc) is 2.76. The van der Waals surface area contributed by atoms with Crippen LogP contribution >= 0.6 is 0 Å². The fourth-order valence-electron chi connectivity index (χ4n) is 1.95. The summed E-state index contributed by atoms with van der Waals surface area (Å²) in [5, 5.41) is 12.6. The van der Waals surface area contributed by atoms with Crippen LogP contribution in [0.5, 0.6) is 5.75 Å². The van der Waals surface area contributed by atoms with Crippen LogP contribution in [0.2, 0.25) is 0 Å². The van der Waals surface area contributed by atoms with Gasteiger partial charge in [-0.1, -0.05) is 11.2 Å². The second kappa shape index (κ2) is 4.52. The van der Waals surface area contributed by atoms with Gasteiger partial charge in [0.2, 0.25) is 0 Å². The highest BCUT2D eigenvalue weighted by molar-refractivity contribution is 5.95. The van der Waals surface area contributed by atoms with Gasteiger partial charge in [0.05, 0.1) is 18.9 Å². The van der Waals surface area contributed by atoms with Gasteiger partial charge in [0.1, 0.15) is 11.3 Å². The van der Waals surface area contributed by atoms with Crippen molar-refractivity contribution in [1.29, 1.82) is 0 Å². The van der Waals surface area contributed by atoms with Crippen molar-refractivity contribution in [2.45, 2.75) is 13.8 Å². The molecule has 0 radical (unpaired) electrons. The molecule has 0 spiro atoms. The van der Waals surface area contributed by atoms with Gasteiger partial charge in [0, 0.05) is 0 Å². The first kappa shape index (κ1) is 12.2. The lowest BCUT2D eigenvalue weighted by atomic mass is 10.00. The van der Waals surface area contributed by atoms with Crippen molar-refractivity contribution in [1.82, 2.24) is 5.16 Å². The van der Waals surface area contributed by atoms with E-state index in [1.807, 2.05) is 26.0 Å². The van der Waals surface area contributed by atoms with Gasteiger partial charge in [-0.2, -0.15) is 0 Å². The van der Waals surface area contributed by atoms with E-state index in [1.165, 1.54) is 13.3 Å². The molecule has 0 aliphatic heterocycles. The molecule has 1 N–H and O–H groups in total. The Labute approximate surface area is 104 Å². The van der Waals surface area contributed by atoms with E-state index < -0.39 is 5.97 Å². The molecule has 5 nitrogen and oxygen atoms in total. The van der Waals surface area contributed by atoms with Gasteiger partial charge in [-0.05, 0) is 31.0 Å². The van der Waals surface area contributed by atoms with Gasteiger partial charge in [0.25, 0.3) is 0 Å². The lowest BCUT2D eigenvalue weighted by molar-refractivity contribution is 0.0697. The van der Waals surface area contributed by atoms with E-state index in [2.05, 4.69) is 5.16 Å². The molecule has 0 fully saturated rings. The minimum absolute atomic E-state index is 0.0280. The Morgan fingerprint density at radius 3 is 2.72 bits per heavy atom. The van der Waals surface area contributed by atoms with Crippen molar-refractivity contribution < 1.29 is 19.2 Å². The standard InChI is InChI=1S/C13H13NO4/c1-7-4-8(2)11(10(5-7)17-3)12-9(13(15)16)6-14-18-12/h4-6H,1-3H3,(H,15,16). The van der Waals surface area contributed by atoms with Gasteiger partial charge < -0.3 is 14.4 Å². The van der Waals surface area contributed by atoms with Gasteiger partial charge in [-0.3, -0.25) is 0 Å². The minimum atomic E-state index is -1.08. The first-order valence-electron chi connectivity index (χ1n) is 5.38. The minimum Gasteiger partial charge on any atom is -0.496 e. The lowest BCUT2D eigenvalue weighted by Crippen LogP contribution is -1.99. The van der Waals surface area contributed by atoms with Crippen LogP contribution in [0.3, 0.4) is 0 Å². The number of rotatable bonds is 3. The Balaban J connectivity index is 2.70. The van der Waals surface area contributed by atoms with Crippen molar-refractivity contribution in [3.63, 3.8) is 0 Å². The number of hydrogen-bond donors (Lipinski definition) is 1. The highest BCUT2D eigenvalue weighted by atomic mass is 16.5. The molecule has 18 heavy (non-hydrogen) atoms. The maximum atomic E-state index is 11.1. The van der Waals surface area contributed by atoms with Crippen molar-refractivity contribution in [2.24, 2.45) is 0 Å². The Kier molecular flexibility index (Phi) is 3.06. The predicted molar refractivity (Wildman–Crippen MR) is 64.9 cm³/mol. The van der Waals surface area contributed by atoms with E-state index in [0.717, 1.165) is 11.1 Å². The molecule has 1 aromatic heterocycles. The topological polar surface area (TPSA) is 72.6 Å². The third-order valence-electron chi connectivity index (χ3n) is 2.69. The smallest absolute Gasteiger partial charge is 0.341 e. The summed E-state index contributed by atoms with van der Waals surface area (Å²) in [5.74, 6) is -0.281.